The highest BCUT2D eigenvalue weighted by atomic mass is 16.5. The lowest BCUT2D eigenvalue weighted by atomic mass is 10.0. The molecule has 1 N–H and O–H groups in total. The fraction of sp³-hybridized carbons (Fsp3) is 0.529. The minimum absolute atomic E-state index is 0.472. The van der Waals surface area contributed by atoms with Gasteiger partial charge in [0.1, 0.15) is 0 Å². The Morgan fingerprint density at radius 1 is 1.24 bits per heavy atom. The Balaban J connectivity index is 1.66. The Morgan fingerprint density at radius 2 is 1.95 bits per heavy atom. The highest BCUT2D eigenvalue weighted by Crippen LogP contribution is 2.33. The maximum atomic E-state index is 5.41. The largest absolute Gasteiger partial charge is 0.339 e. The molecule has 1 saturated carbocycles. The summed E-state index contributed by atoms with van der Waals surface area (Å²) in [6.45, 7) is 4.23. The number of likely N-dealkylation sites (N-methyl/N-ethyl adjacent to an activating group) is 1. The van der Waals surface area contributed by atoms with Gasteiger partial charge in [-0.25, -0.2) is 0 Å². The van der Waals surface area contributed by atoms with Crippen LogP contribution >= 0.6 is 0 Å². The fourth-order valence-corrected chi connectivity index (χ4v) is 2.99. The minimum Gasteiger partial charge on any atom is -0.339 e. The van der Waals surface area contributed by atoms with Crippen molar-refractivity contribution in [1.29, 1.82) is 0 Å². The lowest BCUT2D eigenvalue weighted by Crippen LogP contribution is -2.29. The number of aryl methyl sites for hydroxylation is 2. The zero-order valence-corrected chi connectivity index (χ0v) is 13.0. The predicted molar refractivity (Wildman–Crippen MR) is 82.3 cm³/mol. The third kappa shape index (κ3) is 3.70. The average molecular weight is 285 g/mol. The molecule has 21 heavy (non-hydrogen) atoms. The molecule has 112 valence electrons. The summed E-state index contributed by atoms with van der Waals surface area (Å²) in [5.41, 5.74) is 3.79. The van der Waals surface area contributed by atoms with Crippen molar-refractivity contribution in [3.05, 3.63) is 46.6 Å². The van der Waals surface area contributed by atoms with Gasteiger partial charge in [-0.05, 0) is 45.2 Å². The van der Waals surface area contributed by atoms with Crippen LogP contribution in [0, 0.1) is 19.8 Å². The van der Waals surface area contributed by atoms with E-state index in [1.807, 2.05) is 7.05 Å². The van der Waals surface area contributed by atoms with Gasteiger partial charge in [0.25, 0.3) is 0 Å². The molecule has 1 aliphatic rings. The molecular weight excluding hydrogens is 262 g/mol. The Kier molecular flexibility index (Phi) is 4.06. The van der Waals surface area contributed by atoms with Crippen molar-refractivity contribution in [1.82, 2.24) is 15.5 Å². The molecule has 1 heterocycles. The van der Waals surface area contributed by atoms with Gasteiger partial charge < -0.3 is 9.84 Å². The van der Waals surface area contributed by atoms with Gasteiger partial charge in [0.2, 0.25) is 5.89 Å². The summed E-state index contributed by atoms with van der Waals surface area (Å²) in [5.74, 6) is 2.31. The van der Waals surface area contributed by atoms with E-state index >= 15 is 0 Å². The zero-order chi connectivity index (χ0) is 14.8. The van der Waals surface area contributed by atoms with Gasteiger partial charge in [-0.3, -0.25) is 0 Å². The molecule has 0 radical (unpaired) electrons. The highest BCUT2D eigenvalue weighted by Gasteiger charge is 2.31. The number of benzene rings is 1. The summed E-state index contributed by atoms with van der Waals surface area (Å²) >= 11 is 0. The molecule has 1 atom stereocenters. The van der Waals surface area contributed by atoms with Crippen LogP contribution in [0.5, 0.6) is 0 Å². The van der Waals surface area contributed by atoms with E-state index in [4.69, 9.17) is 4.52 Å². The first-order chi connectivity index (χ1) is 10.1. The van der Waals surface area contributed by atoms with Crippen LogP contribution in [0.25, 0.3) is 0 Å². The number of nitrogens with one attached hydrogen (secondary N) is 1. The van der Waals surface area contributed by atoms with E-state index in [9.17, 15) is 0 Å². The zero-order valence-electron chi connectivity index (χ0n) is 13.0. The lowest BCUT2D eigenvalue weighted by Gasteiger charge is -2.11. The number of aromatic nitrogens is 2. The molecule has 1 aromatic carbocycles. The predicted octanol–water partition coefficient (Wildman–Crippen LogP) is 2.82. The Morgan fingerprint density at radius 3 is 2.57 bits per heavy atom. The molecule has 4 nitrogen and oxygen atoms in total. The van der Waals surface area contributed by atoms with Crippen molar-refractivity contribution >= 4 is 0 Å². The Hall–Kier alpha value is -1.68. The summed E-state index contributed by atoms with van der Waals surface area (Å²) in [4.78, 5) is 4.55. The van der Waals surface area contributed by atoms with Gasteiger partial charge in [-0.15, -0.1) is 0 Å². The molecule has 0 amide bonds. The second-order valence-electron chi connectivity index (χ2n) is 6.21. The van der Waals surface area contributed by atoms with Crippen LogP contribution in [0.4, 0.5) is 0 Å². The van der Waals surface area contributed by atoms with E-state index in [1.165, 1.54) is 29.5 Å². The molecule has 0 saturated heterocycles. The molecule has 1 unspecified atom stereocenters. The van der Waals surface area contributed by atoms with Crippen molar-refractivity contribution < 1.29 is 4.52 Å². The first-order valence-corrected chi connectivity index (χ1v) is 7.70. The standard InChI is InChI=1S/C17H23N3O/c1-11-6-12(2)8-13(7-11)9-16-19-17(21-20-16)10-15(18-3)14-4-5-14/h6-8,14-15,18H,4-5,9-10H2,1-3H3. The molecule has 0 bridgehead atoms. The van der Waals surface area contributed by atoms with Crippen molar-refractivity contribution in [3.63, 3.8) is 0 Å². The van der Waals surface area contributed by atoms with Crippen LogP contribution in [0.2, 0.25) is 0 Å². The summed E-state index contributed by atoms with van der Waals surface area (Å²) < 4.78 is 5.41. The van der Waals surface area contributed by atoms with E-state index in [1.54, 1.807) is 0 Å². The number of hydrogen-bond acceptors (Lipinski definition) is 4. The van der Waals surface area contributed by atoms with Crippen LogP contribution in [0.15, 0.2) is 22.7 Å². The number of hydrogen-bond donors (Lipinski definition) is 1. The molecule has 4 heteroatoms. The maximum absolute atomic E-state index is 5.41. The molecule has 1 aliphatic carbocycles. The average Bonchev–Trinajstić information content (AvgIpc) is 3.17. The van der Waals surface area contributed by atoms with Crippen molar-refractivity contribution in [2.75, 3.05) is 7.05 Å². The van der Waals surface area contributed by atoms with E-state index in [-0.39, 0.29) is 0 Å². The molecule has 3 rings (SSSR count). The van der Waals surface area contributed by atoms with Crippen LogP contribution in [-0.4, -0.2) is 23.2 Å². The van der Waals surface area contributed by atoms with E-state index < -0.39 is 0 Å². The SMILES string of the molecule is CNC(Cc1nc(Cc2cc(C)cc(C)c2)no1)C1CC1. The number of nitrogens with zero attached hydrogens (tertiary/aromatic N) is 2. The molecule has 0 aliphatic heterocycles. The maximum Gasteiger partial charge on any atom is 0.228 e. The smallest absolute Gasteiger partial charge is 0.228 e. The highest BCUT2D eigenvalue weighted by molar-refractivity contribution is 5.30. The monoisotopic (exact) mass is 285 g/mol. The first kappa shape index (κ1) is 14.3. The van der Waals surface area contributed by atoms with Crippen molar-refractivity contribution in [2.24, 2.45) is 5.92 Å². The second kappa shape index (κ2) is 5.98. The topological polar surface area (TPSA) is 51.0 Å². The van der Waals surface area contributed by atoms with Crippen LogP contribution < -0.4 is 5.32 Å². The molecule has 1 aromatic heterocycles. The lowest BCUT2D eigenvalue weighted by molar-refractivity contribution is 0.349. The third-order valence-electron chi connectivity index (χ3n) is 4.11. The van der Waals surface area contributed by atoms with E-state index in [0.717, 1.165) is 30.5 Å². The van der Waals surface area contributed by atoms with Gasteiger partial charge >= 0.3 is 0 Å². The Bertz CT molecular complexity index is 596. The molecule has 0 spiro atoms. The van der Waals surface area contributed by atoms with E-state index in [2.05, 4.69) is 47.5 Å². The molecule has 1 fully saturated rings. The van der Waals surface area contributed by atoms with Crippen LogP contribution in [0.1, 0.15) is 41.2 Å². The Labute approximate surface area is 126 Å². The second-order valence-corrected chi connectivity index (χ2v) is 6.21. The summed E-state index contributed by atoms with van der Waals surface area (Å²) in [6, 6.07) is 7.02. The van der Waals surface area contributed by atoms with Gasteiger partial charge in [0, 0.05) is 18.9 Å². The fourth-order valence-electron chi connectivity index (χ4n) is 2.99. The van der Waals surface area contributed by atoms with Crippen molar-refractivity contribution in [3.8, 4) is 0 Å². The van der Waals surface area contributed by atoms with Gasteiger partial charge in [-0.2, -0.15) is 4.98 Å². The normalized spacial score (nSPS) is 16.1. The molecule has 2 aromatic rings. The van der Waals surface area contributed by atoms with Crippen molar-refractivity contribution in [2.45, 2.75) is 45.6 Å². The summed E-state index contributed by atoms with van der Waals surface area (Å²) in [6.07, 6.45) is 4.20. The first-order valence-electron chi connectivity index (χ1n) is 7.70. The van der Waals surface area contributed by atoms with Crippen LogP contribution in [-0.2, 0) is 12.8 Å². The summed E-state index contributed by atoms with van der Waals surface area (Å²) in [7, 11) is 2.01. The molecular formula is C17H23N3O. The van der Waals surface area contributed by atoms with E-state index in [0.29, 0.717) is 6.04 Å². The quantitative estimate of drug-likeness (QED) is 0.886. The van der Waals surface area contributed by atoms with Crippen LogP contribution in [0.3, 0.4) is 0 Å². The van der Waals surface area contributed by atoms with Gasteiger partial charge in [0.15, 0.2) is 5.82 Å². The van der Waals surface area contributed by atoms with Gasteiger partial charge in [-0.1, -0.05) is 34.5 Å². The minimum atomic E-state index is 0.472. The van der Waals surface area contributed by atoms with Gasteiger partial charge in [0.05, 0.1) is 0 Å². The third-order valence-corrected chi connectivity index (χ3v) is 4.11. The summed E-state index contributed by atoms with van der Waals surface area (Å²) in [5, 5.41) is 7.48. The number of rotatable bonds is 6.